The lowest BCUT2D eigenvalue weighted by Gasteiger charge is -2.31. The van der Waals surface area contributed by atoms with Gasteiger partial charge in [-0.25, -0.2) is 4.98 Å². The molecule has 0 bridgehead atoms. The van der Waals surface area contributed by atoms with Crippen LogP contribution in [0.2, 0.25) is 0 Å². The summed E-state index contributed by atoms with van der Waals surface area (Å²) in [4.78, 5) is 9.38. The molecule has 104 valence electrons. The van der Waals surface area contributed by atoms with Gasteiger partial charge in [-0.3, -0.25) is 0 Å². The van der Waals surface area contributed by atoms with Crippen molar-refractivity contribution in [3.63, 3.8) is 0 Å². The van der Waals surface area contributed by atoms with Gasteiger partial charge in [-0.15, -0.1) is 11.3 Å². The molecule has 5 nitrogen and oxygen atoms in total. The van der Waals surface area contributed by atoms with Crippen molar-refractivity contribution < 1.29 is 5.11 Å². The lowest BCUT2D eigenvalue weighted by atomic mass is 9.85. The number of nitrogen functional groups attached to an aromatic ring is 1. The number of nitrogens with zero attached hydrogens (tertiary/aromatic N) is 2. The maximum atomic E-state index is 9.21. The van der Waals surface area contributed by atoms with Gasteiger partial charge in [-0.2, -0.15) is 4.98 Å². The largest absolute Gasteiger partial charge is 0.396 e. The second kappa shape index (κ2) is 5.30. The number of nitrogens with one attached hydrogen (secondary N) is 1. The molecule has 0 spiro atoms. The molecule has 2 heterocycles. The van der Waals surface area contributed by atoms with E-state index in [0.717, 1.165) is 16.0 Å². The van der Waals surface area contributed by atoms with Crippen molar-refractivity contribution in [2.24, 2.45) is 5.41 Å². The zero-order valence-corrected chi connectivity index (χ0v) is 12.3. The summed E-state index contributed by atoms with van der Waals surface area (Å²) in [5.41, 5.74) is 5.76. The summed E-state index contributed by atoms with van der Waals surface area (Å²) in [6, 6.07) is 2.11. The molecule has 0 aromatic carbocycles. The Hall–Kier alpha value is -1.40. The van der Waals surface area contributed by atoms with Crippen molar-refractivity contribution >= 4 is 33.3 Å². The van der Waals surface area contributed by atoms with Crippen molar-refractivity contribution in [2.45, 2.75) is 33.2 Å². The second-order valence-electron chi connectivity index (χ2n) is 5.65. The Morgan fingerprint density at radius 2 is 2.16 bits per heavy atom. The molecule has 0 aliphatic carbocycles. The van der Waals surface area contributed by atoms with Crippen molar-refractivity contribution in [1.29, 1.82) is 0 Å². The molecule has 0 aliphatic heterocycles. The number of hydrogen-bond donors (Lipinski definition) is 3. The number of nitrogens with two attached hydrogens (primary N) is 1. The summed E-state index contributed by atoms with van der Waals surface area (Å²) >= 11 is 1.54. The van der Waals surface area contributed by atoms with Gasteiger partial charge >= 0.3 is 0 Å². The summed E-state index contributed by atoms with van der Waals surface area (Å²) in [5, 5.41) is 15.6. The zero-order chi connectivity index (χ0) is 14.0. The molecule has 2 rings (SSSR count). The zero-order valence-electron chi connectivity index (χ0n) is 11.5. The van der Waals surface area contributed by atoms with E-state index in [-0.39, 0.29) is 24.0 Å². The van der Waals surface area contributed by atoms with Gasteiger partial charge in [0.1, 0.15) is 10.6 Å². The van der Waals surface area contributed by atoms with Gasteiger partial charge in [0.15, 0.2) is 0 Å². The summed E-state index contributed by atoms with van der Waals surface area (Å²) in [7, 11) is 0. The molecule has 1 atom stereocenters. The van der Waals surface area contributed by atoms with Crippen molar-refractivity contribution in [2.75, 3.05) is 17.7 Å². The average molecular weight is 280 g/mol. The van der Waals surface area contributed by atoms with Gasteiger partial charge in [0, 0.05) is 12.6 Å². The smallest absolute Gasteiger partial charge is 0.223 e. The van der Waals surface area contributed by atoms with Gasteiger partial charge < -0.3 is 16.2 Å². The van der Waals surface area contributed by atoms with Crippen LogP contribution in [-0.4, -0.2) is 27.7 Å². The minimum absolute atomic E-state index is 0.0186. The van der Waals surface area contributed by atoms with Crippen LogP contribution in [0.15, 0.2) is 11.4 Å². The summed E-state index contributed by atoms with van der Waals surface area (Å²) < 4.78 is 0. The highest BCUT2D eigenvalue weighted by atomic mass is 32.1. The van der Waals surface area contributed by atoms with Crippen molar-refractivity contribution in [1.82, 2.24) is 9.97 Å². The summed E-state index contributed by atoms with van der Waals surface area (Å²) in [6.07, 6.45) is 0.666. The third-order valence-corrected chi connectivity index (χ3v) is 3.92. The number of rotatable bonds is 4. The minimum Gasteiger partial charge on any atom is -0.396 e. The predicted octanol–water partition coefficient (Wildman–Crippen LogP) is 2.48. The van der Waals surface area contributed by atoms with Crippen LogP contribution >= 0.6 is 11.3 Å². The molecule has 0 amide bonds. The minimum atomic E-state index is 0.0186. The Labute approximate surface area is 116 Å². The second-order valence-corrected chi connectivity index (χ2v) is 6.54. The molecule has 2 aromatic heterocycles. The van der Waals surface area contributed by atoms with Gasteiger partial charge in [0.05, 0.1) is 5.39 Å². The van der Waals surface area contributed by atoms with Crippen LogP contribution in [0.5, 0.6) is 0 Å². The maximum Gasteiger partial charge on any atom is 0.223 e. The molecule has 0 saturated carbocycles. The third-order valence-electron chi connectivity index (χ3n) is 3.12. The van der Waals surface area contributed by atoms with Gasteiger partial charge in [0.25, 0.3) is 0 Å². The van der Waals surface area contributed by atoms with Crippen LogP contribution in [0.4, 0.5) is 11.8 Å². The molecule has 19 heavy (non-hydrogen) atoms. The first-order valence-corrected chi connectivity index (χ1v) is 7.18. The molecule has 6 heteroatoms. The molecule has 4 N–H and O–H groups in total. The number of aliphatic hydroxyl groups excluding tert-OH is 1. The molecule has 0 saturated heterocycles. The fraction of sp³-hybridized carbons (Fsp3) is 0.538. The first-order valence-electron chi connectivity index (χ1n) is 6.30. The standard InChI is InChI=1S/C13H20N4OS/c1-13(2,3)9(4-6-18)15-10-8-5-7-19-11(8)17-12(14)16-10/h5,7,9,18H,4,6H2,1-3H3,(H3,14,15,16,17). The highest BCUT2D eigenvalue weighted by Crippen LogP contribution is 2.30. The quantitative estimate of drug-likeness (QED) is 0.801. The van der Waals surface area contributed by atoms with Crippen LogP contribution in [0.3, 0.4) is 0 Å². The fourth-order valence-corrected chi connectivity index (χ4v) is 2.77. The maximum absolute atomic E-state index is 9.21. The van der Waals surface area contributed by atoms with E-state index in [1.54, 1.807) is 11.3 Å². The molecule has 2 aromatic rings. The van der Waals surface area contributed by atoms with E-state index in [2.05, 4.69) is 36.1 Å². The van der Waals surface area contributed by atoms with E-state index in [1.165, 1.54) is 0 Å². The Morgan fingerprint density at radius 1 is 1.42 bits per heavy atom. The van der Waals surface area contributed by atoms with E-state index in [1.807, 2.05) is 11.4 Å². The predicted molar refractivity (Wildman–Crippen MR) is 80.4 cm³/mol. The lowest BCUT2D eigenvalue weighted by molar-refractivity contribution is 0.235. The molecule has 0 fully saturated rings. The van der Waals surface area contributed by atoms with E-state index in [4.69, 9.17) is 5.73 Å². The number of anilines is 2. The van der Waals surface area contributed by atoms with Gasteiger partial charge in [-0.05, 0) is 23.3 Å². The van der Waals surface area contributed by atoms with Crippen LogP contribution in [-0.2, 0) is 0 Å². The number of aromatic nitrogens is 2. The number of thiophene rings is 1. The van der Waals surface area contributed by atoms with Crippen LogP contribution in [0, 0.1) is 5.41 Å². The van der Waals surface area contributed by atoms with E-state index >= 15 is 0 Å². The van der Waals surface area contributed by atoms with E-state index in [0.29, 0.717) is 6.42 Å². The molecular weight excluding hydrogens is 260 g/mol. The molecule has 0 radical (unpaired) electrons. The summed E-state index contributed by atoms with van der Waals surface area (Å²) in [5.74, 6) is 1.02. The SMILES string of the molecule is CC(C)(C)C(CCO)Nc1nc(N)nc2sccc12. The van der Waals surface area contributed by atoms with Gasteiger partial charge in [-0.1, -0.05) is 20.8 Å². The highest BCUT2D eigenvalue weighted by Gasteiger charge is 2.25. The summed E-state index contributed by atoms with van der Waals surface area (Å²) in [6.45, 7) is 6.54. The monoisotopic (exact) mass is 280 g/mol. The number of hydrogen-bond acceptors (Lipinski definition) is 6. The van der Waals surface area contributed by atoms with Crippen LogP contribution in [0.25, 0.3) is 10.2 Å². The molecular formula is C13H20N4OS. The Balaban J connectivity index is 2.35. The molecule has 1 unspecified atom stereocenters. The first kappa shape index (κ1) is 14.0. The number of fused-ring (bicyclic) bond motifs is 1. The Bertz CT molecular complexity index is 561. The van der Waals surface area contributed by atoms with Crippen LogP contribution in [0.1, 0.15) is 27.2 Å². The number of aliphatic hydroxyl groups is 1. The van der Waals surface area contributed by atoms with Crippen LogP contribution < -0.4 is 11.1 Å². The Kier molecular flexibility index (Phi) is 3.91. The third kappa shape index (κ3) is 3.13. The van der Waals surface area contributed by atoms with Gasteiger partial charge in [0.2, 0.25) is 5.95 Å². The topological polar surface area (TPSA) is 84.1 Å². The molecule has 0 aliphatic rings. The van der Waals surface area contributed by atoms with E-state index in [9.17, 15) is 5.11 Å². The normalized spacial score (nSPS) is 13.7. The highest BCUT2D eigenvalue weighted by molar-refractivity contribution is 7.16. The Morgan fingerprint density at radius 3 is 2.79 bits per heavy atom. The van der Waals surface area contributed by atoms with Crippen molar-refractivity contribution in [3.8, 4) is 0 Å². The van der Waals surface area contributed by atoms with Crippen molar-refractivity contribution in [3.05, 3.63) is 11.4 Å². The van der Waals surface area contributed by atoms with E-state index < -0.39 is 0 Å². The average Bonchev–Trinajstić information content (AvgIpc) is 2.74. The first-order chi connectivity index (χ1) is 8.91. The lowest BCUT2D eigenvalue weighted by Crippen LogP contribution is -2.35. The fourth-order valence-electron chi connectivity index (χ4n) is 2.00.